The highest BCUT2D eigenvalue weighted by Gasteiger charge is 2.51. The lowest BCUT2D eigenvalue weighted by Gasteiger charge is -2.44. The lowest BCUT2D eigenvalue weighted by Crippen LogP contribution is -2.60. The Morgan fingerprint density at radius 2 is 1.60 bits per heavy atom. The van der Waals surface area contributed by atoms with E-state index >= 15 is 0 Å². The third kappa shape index (κ3) is 6.23. The molecule has 1 aromatic heterocycles. The van der Waals surface area contributed by atoms with E-state index in [1.54, 1.807) is 6.92 Å². The van der Waals surface area contributed by atoms with Crippen LogP contribution in [0.4, 0.5) is 0 Å². The Morgan fingerprint density at radius 3 is 2.13 bits per heavy atom. The van der Waals surface area contributed by atoms with Crippen LogP contribution < -0.4 is 5.43 Å². The van der Waals surface area contributed by atoms with Crippen LogP contribution in [0.15, 0.2) is 21.5 Å². The number of hydrogen-bond acceptors (Lipinski definition) is 11. The van der Waals surface area contributed by atoms with Gasteiger partial charge in [-0.3, -0.25) is 19.2 Å². The van der Waals surface area contributed by atoms with Crippen LogP contribution in [-0.4, -0.2) is 52.9 Å². The highest BCUT2D eigenvalue weighted by Crippen LogP contribution is 2.36. The minimum Gasteiger partial charge on any atom is -0.502 e. The van der Waals surface area contributed by atoms with Crippen molar-refractivity contribution in [2.45, 2.75) is 69.7 Å². The zero-order valence-electron chi connectivity index (χ0n) is 17.0. The van der Waals surface area contributed by atoms with Gasteiger partial charge in [0, 0.05) is 26.8 Å². The maximum atomic E-state index is 11.7. The average molecular weight is 444 g/mol. The number of carbonyl (C=O) groups is 3. The molecule has 1 saturated heterocycles. The van der Waals surface area contributed by atoms with Crippen molar-refractivity contribution in [2.24, 2.45) is 0 Å². The summed E-state index contributed by atoms with van der Waals surface area (Å²) >= 11 is 1.14. The standard InChI is InChI=1S/C19H24O10S/c1-5-15-16(26-9(2)20)17(27-10(3)21)18(28-11(4)22)19(29-15)30-8-12-6-13(23)14(24)7-25-12/h6-7,15-19,24H,5,8H2,1-4H3/t15-,16-,17+,18-,19+/m1/s1. The van der Waals surface area contributed by atoms with Crippen LogP contribution in [-0.2, 0) is 39.1 Å². The first-order valence-electron chi connectivity index (χ1n) is 9.21. The summed E-state index contributed by atoms with van der Waals surface area (Å²) in [7, 11) is 0. The molecule has 5 atom stereocenters. The number of hydrogen-bond donors (Lipinski definition) is 1. The van der Waals surface area contributed by atoms with Crippen molar-refractivity contribution < 1.29 is 42.9 Å². The molecule has 10 nitrogen and oxygen atoms in total. The Balaban J connectivity index is 2.31. The molecule has 166 valence electrons. The number of aromatic hydroxyl groups is 1. The zero-order chi connectivity index (χ0) is 22.4. The SMILES string of the molecule is CC[C@H]1O[C@@H](SCc2cc(=O)c(O)co2)[C@H](OC(C)=O)[C@@H](OC(C)=O)[C@@H]1OC(C)=O. The molecule has 2 rings (SSSR count). The van der Waals surface area contributed by atoms with E-state index in [0.29, 0.717) is 6.42 Å². The first-order valence-corrected chi connectivity index (χ1v) is 10.3. The third-order valence-electron chi connectivity index (χ3n) is 4.16. The van der Waals surface area contributed by atoms with Gasteiger partial charge in [0.1, 0.15) is 17.5 Å². The van der Waals surface area contributed by atoms with Crippen LogP contribution in [0.1, 0.15) is 39.9 Å². The van der Waals surface area contributed by atoms with Gasteiger partial charge in [0.05, 0.1) is 11.9 Å². The van der Waals surface area contributed by atoms with Crippen LogP contribution in [0.25, 0.3) is 0 Å². The van der Waals surface area contributed by atoms with Crippen molar-refractivity contribution in [2.75, 3.05) is 0 Å². The van der Waals surface area contributed by atoms with Crippen LogP contribution in [0, 0.1) is 0 Å². The van der Waals surface area contributed by atoms with Crippen molar-refractivity contribution in [1.29, 1.82) is 0 Å². The van der Waals surface area contributed by atoms with Gasteiger partial charge in [0.15, 0.2) is 24.1 Å². The van der Waals surface area contributed by atoms with Crippen LogP contribution in [0.2, 0.25) is 0 Å². The second kappa shape index (κ2) is 10.5. The maximum absolute atomic E-state index is 11.7. The molecule has 1 N–H and O–H groups in total. The first kappa shape index (κ1) is 23.7. The van der Waals surface area contributed by atoms with Gasteiger partial charge in [-0.1, -0.05) is 6.92 Å². The lowest BCUT2D eigenvalue weighted by molar-refractivity contribution is -0.232. The summed E-state index contributed by atoms with van der Waals surface area (Å²) in [5.41, 5.74) is -1.41. The minimum atomic E-state index is -1.08. The van der Waals surface area contributed by atoms with Gasteiger partial charge in [0.25, 0.3) is 0 Å². The summed E-state index contributed by atoms with van der Waals surface area (Å²) in [6, 6.07) is 1.13. The summed E-state index contributed by atoms with van der Waals surface area (Å²) < 4.78 is 27.2. The van der Waals surface area contributed by atoms with E-state index in [-0.39, 0.29) is 11.5 Å². The van der Waals surface area contributed by atoms with Crippen LogP contribution >= 0.6 is 11.8 Å². The van der Waals surface area contributed by atoms with E-state index in [0.717, 1.165) is 24.1 Å². The number of thioether (sulfide) groups is 1. The topological polar surface area (TPSA) is 139 Å². The zero-order valence-corrected chi connectivity index (χ0v) is 17.8. The molecule has 1 aliphatic heterocycles. The smallest absolute Gasteiger partial charge is 0.303 e. The molecule has 2 heterocycles. The highest BCUT2D eigenvalue weighted by atomic mass is 32.2. The molecule has 1 fully saturated rings. The molecule has 0 aliphatic carbocycles. The normalized spacial score (nSPS) is 25.9. The molecule has 0 amide bonds. The second-order valence-corrected chi connectivity index (χ2v) is 7.67. The molecular weight excluding hydrogens is 420 g/mol. The fourth-order valence-electron chi connectivity index (χ4n) is 3.00. The molecule has 0 saturated carbocycles. The van der Waals surface area contributed by atoms with Gasteiger partial charge in [-0.2, -0.15) is 0 Å². The third-order valence-corrected chi connectivity index (χ3v) is 5.32. The van der Waals surface area contributed by atoms with Crippen LogP contribution in [0.5, 0.6) is 5.75 Å². The molecule has 1 aliphatic rings. The molecule has 30 heavy (non-hydrogen) atoms. The van der Waals surface area contributed by atoms with Gasteiger partial charge < -0.3 is 28.5 Å². The molecular formula is C19H24O10S. The van der Waals surface area contributed by atoms with Crippen molar-refractivity contribution >= 4 is 29.7 Å². The van der Waals surface area contributed by atoms with E-state index in [1.807, 2.05) is 0 Å². The Kier molecular flexibility index (Phi) is 8.30. The van der Waals surface area contributed by atoms with E-state index in [9.17, 15) is 24.3 Å². The average Bonchev–Trinajstić information content (AvgIpc) is 2.65. The van der Waals surface area contributed by atoms with E-state index in [1.165, 1.54) is 20.8 Å². The van der Waals surface area contributed by atoms with E-state index in [4.69, 9.17) is 23.4 Å². The molecule has 0 radical (unpaired) electrons. The second-order valence-electron chi connectivity index (χ2n) is 6.58. The summed E-state index contributed by atoms with van der Waals surface area (Å²) in [6.07, 6.45) is -2.41. The largest absolute Gasteiger partial charge is 0.502 e. The summed E-state index contributed by atoms with van der Waals surface area (Å²) in [5, 5.41) is 9.30. The Morgan fingerprint density at radius 1 is 1.03 bits per heavy atom. The fraction of sp³-hybridized carbons (Fsp3) is 0.579. The Labute approximate surface area is 176 Å². The summed E-state index contributed by atoms with van der Waals surface area (Å²) in [4.78, 5) is 46.6. The number of rotatable bonds is 7. The van der Waals surface area contributed by atoms with Gasteiger partial charge in [0.2, 0.25) is 5.43 Å². The highest BCUT2D eigenvalue weighted by molar-refractivity contribution is 7.99. The fourth-order valence-corrected chi connectivity index (χ4v) is 4.10. The molecule has 1 aromatic rings. The van der Waals surface area contributed by atoms with Crippen molar-refractivity contribution in [1.82, 2.24) is 0 Å². The molecule has 0 unspecified atom stereocenters. The van der Waals surface area contributed by atoms with Crippen molar-refractivity contribution in [3.8, 4) is 5.75 Å². The molecule has 0 spiro atoms. The van der Waals surface area contributed by atoms with Gasteiger partial charge >= 0.3 is 17.9 Å². The number of carbonyl (C=O) groups excluding carboxylic acids is 3. The monoisotopic (exact) mass is 444 g/mol. The quantitative estimate of drug-likeness (QED) is 0.483. The Hall–Kier alpha value is -2.53. The first-order chi connectivity index (χ1) is 14.1. The minimum absolute atomic E-state index is 0.138. The van der Waals surface area contributed by atoms with E-state index < -0.39 is 58.9 Å². The summed E-state index contributed by atoms with van der Waals surface area (Å²) in [5.74, 6) is -2.00. The molecule has 11 heteroatoms. The predicted molar refractivity (Wildman–Crippen MR) is 104 cm³/mol. The van der Waals surface area contributed by atoms with E-state index in [2.05, 4.69) is 0 Å². The van der Waals surface area contributed by atoms with Crippen molar-refractivity contribution in [3.05, 3.63) is 28.3 Å². The number of ether oxygens (including phenoxy) is 4. The molecule has 0 aromatic carbocycles. The van der Waals surface area contributed by atoms with Crippen molar-refractivity contribution in [3.63, 3.8) is 0 Å². The van der Waals surface area contributed by atoms with Gasteiger partial charge in [-0.15, -0.1) is 11.8 Å². The predicted octanol–water partition coefficient (Wildman–Crippen LogP) is 1.51. The molecule has 0 bridgehead atoms. The summed E-state index contributed by atoms with van der Waals surface area (Å²) in [6.45, 7) is 5.41. The lowest BCUT2D eigenvalue weighted by atomic mass is 9.97. The van der Waals surface area contributed by atoms with Gasteiger partial charge in [-0.25, -0.2) is 0 Å². The maximum Gasteiger partial charge on any atom is 0.303 e. The Bertz CT molecular complexity index is 835. The van der Waals surface area contributed by atoms with Gasteiger partial charge in [-0.05, 0) is 6.42 Å². The number of esters is 3. The van der Waals surface area contributed by atoms with Crippen LogP contribution in [0.3, 0.4) is 0 Å².